The fourth-order valence-electron chi connectivity index (χ4n) is 1.62. The van der Waals surface area contributed by atoms with Crippen LogP contribution in [0.5, 0.6) is 0 Å². The van der Waals surface area contributed by atoms with Gasteiger partial charge in [-0.25, -0.2) is 0 Å². The summed E-state index contributed by atoms with van der Waals surface area (Å²) in [7, 11) is 0. The predicted octanol–water partition coefficient (Wildman–Crippen LogP) is 2.26. The van der Waals surface area contributed by atoms with Crippen molar-refractivity contribution >= 4 is 16.9 Å². The minimum absolute atomic E-state index is 0.523. The van der Waals surface area contributed by atoms with Crippen LogP contribution in [-0.2, 0) is 0 Å². The minimum Gasteiger partial charge on any atom is -0.362 e. The molecule has 1 aliphatic heterocycles. The summed E-state index contributed by atoms with van der Waals surface area (Å²) in [5.74, 6) is 2.14. The molecule has 0 bridgehead atoms. The van der Waals surface area contributed by atoms with Gasteiger partial charge < -0.3 is 5.32 Å². The van der Waals surface area contributed by atoms with Crippen LogP contribution in [0.25, 0.3) is 0 Å². The van der Waals surface area contributed by atoms with Crippen molar-refractivity contribution in [3.05, 3.63) is 0 Å². The zero-order valence-electron chi connectivity index (χ0n) is 8.42. The molecule has 0 aromatic rings. The third-order valence-electron chi connectivity index (χ3n) is 2.79. The first-order valence-corrected chi connectivity index (χ1v) is 6.21. The van der Waals surface area contributed by atoms with Gasteiger partial charge in [-0.3, -0.25) is 4.99 Å². The zero-order valence-corrected chi connectivity index (χ0v) is 9.23. The van der Waals surface area contributed by atoms with Crippen LogP contribution in [0.15, 0.2) is 4.99 Å². The topological polar surface area (TPSA) is 24.4 Å². The van der Waals surface area contributed by atoms with Gasteiger partial charge in [-0.05, 0) is 39.0 Å². The van der Waals surface area contributed by atoms with Crippen molar-refractivity contribution in [1.29, 1.82) is 0 Å². The summed E-state index contributed by atoms with van der Waals surface area (Å²) in [5, 5.41) is 4.70. The Balaban J connectivity index is 1.85. The summed E-state index contributed by atoms with van der Waals surface area (Å²) in [6, 6.07) is 1.16. The van der Waals surface area contributed by atoms with Crippen LogP contribution in [0.1, 0.15) is 33.1 Å². The van der Waals surface area contributed by atoms with E-state index in [1.165, 1.54) is 30.2 Å². The van der Waals surface area contributed by atoms with E-state index in [1.807, 2.05) is 11.8 Å². The predicted molar refractivity (Wildman–Crippen MR) is 59.3 cm³/mol. The molecule has 13 heavy (non-hydrogen) atoms. The minimum atomic E-state index is 0.523. The van der Waals surface area contributed by atoms with E-state index < -0.39 is 0 Å². The summed E-state index contributed by atoms with van der Waals surface area (Å²) in [6.45, 7) is 4.48. The van der Waals surface area contributed by atoms with Crippen molar-refractivity contribution < 1.29 is 0 Å². The highest BCUT2D eigenvalue weighted by atomic mass is 32.2. The zero-order chi connectivity index (χ0) is 9.26. The molecule has 1 N–H and O–H groups in total. The van der Waals surface area contributed by atoms with Gasteiger partial charge in [-0.15, -0.1) is 0 Å². The first-order valence-electron chi connectivity index (χ1n) is 5.23. The Kier molecular flexibility index (Phi) is 2.82. The number of nitrogens with one attached hydrogen (secondary N) is 1. The molecule has 1 fully saturated rings. The van der Waals surface area contributed by atoms with Gasteiger partial charge in [0.15, 0.2) is 5.17 Å². The van der Waals surface area contributed by atoms with Gasteiger partial charge in [0, 0.05) is 11.8 Å². The van der Waals surface area contributed by atoms with Crippen LogP contribution in [0.4, 0.5) is 0 Å². The molecule has 0 aromatic heterocycles. The normalized spacial score (nSPS) is 30.9. The van der Waals surface area contributed by atoms with Crippen molar-refractivity contribution in [2.24, 2.45) is 10.9 Å². The molecular weight excluding hydrogens is 180 g/mol. The van der Waals surface area contributed by atoms with Crippen LogP contribution in [0.3, 0.4) is 0 Å². The van der Waals surface area contributed by atoms with Crippen molar-refractivity contribution in [3.63, 3.8) is 0 Å². The molecule has 3 heteroatoms. The molecular formula is C10H18N2S. The van der Waals surface area contributed by atoms with Crippen LogP contribution in [0, 0.1) is 5.92 Å². The number of amidine groups is 1. The van der Waals surface area contributed by atoms with E-state index >= 15 is 0 Å². The first kappa shape index (κ1) is 9.38. The molecule has 0 aromatic carbocycles. The number of nitrogens with zero attached hydrogens (tertiary/aromatic N) is 1. The summed E-state index contributed by atoms with van der Waals surface area (Å²) in [6.07, 6.45) is 4.04. The molecule has 2 atom stereocenters. The largest absolute Gasteiger partial charge is 0.362 e. The third kappa shape index (κ3) is 2.63. The maximum atomic E-state index is 4.60. The standard InChI is InChI=1S/C10H18N2S/c1-7-5-6-13-10(11-7)12-8(2)9-3-4-9/h7-9H,3-6H2,1-2H3,(H,11,12). The molecule has 1 aliphatic carbocycles. The third-order valence-corrected chi connectivity index (χ3v) is 3.73. The Labute approximate surface area is 84.6 Å². The van der Waals surface area contributed by atoms with Crippen molar-refractivity contribution in [2.75, 3.05) is 5.75 Å². The highest BCUT2D eigenvalue weighted by molar-refractivity contribution is 8.13. The Morgan fingerprint density at radius 2 is 2.23 bits per heavy atom. The Hall–Kier alpha value is -0.180. The highest BCUT2D eigenvalue weighted by Crippen LogP contribution is 2.32. The van der Waals surface area contributed by atoms with Crippen molar-refractivity contribution in [3.8, 4) is 0 Å². The summed E-state index contributed by atoms with van der Waals surface area (Å²) < 4.78 is 0. The van der Waals surface area contributed by atoms with E-state index in [2.05, 4.69) is 24.2 Å². The van der Waals surface area contributed by atoms with Crippen LogP contribution in [-0.4, -0.2) is 23.0 Å². The quantitative estimate of drug-likeness (QED) is 0.736. The lowest BCUT2D eigenvalue weighted by Gasteiger charge is -2.21. The maximum Gasteiger partial charge on any atom is 0.157 e. The molecule has 2 rings (SSSR count). The lowest BCUT2D eigenvalue weighted by atomic mass is 10.2. The number of aliphatic imine (C=N–C) groups is 1. The summed E-state index contributed by atoms with van der Waals surface area (Å²) in [4.78, 5) is 4.60. The molecule has 0 radical (unpaired) electrons. The SMILES string of the molecule is CC1CCSC(NC(C)C2CC2)=N1. The molecule has 0 saturated heterocycles. The van der Waals surface area contributed by atoms with E-state index in [-0.39, 0.29) is 0 Å². The summed E-state index contributed by atoms with van der Waals surface area (Å²) >= 11 is 1.88. The Bertz CT molecular complexity index is 211. The van der Waals surface area contributed by atoms with Gasteiger partial charge in [0.05, 0.1) is 6.04 Å². The van der Waals surface area contributed by atoms with E-state index in [4.69, 9.17) is 0 Å². The lowest BCUT2D eigenvalue weighted by molar-refractivity contribution is 0.585. The molecule has 0 spiro atoms. The monoisotopic (exact) mass is 198 g/mol. The van der Waals surface area contributed by atoms with Crippen LogP contribution in [0.2, 0.25) is 0 Å². The number of thioether (sulfide) groups is 1. The molecule has 2 unspecified atom stereocenters. The molecule has 2 nitrogen and oxygen atoms in total. The van der Waals surface area contributed by atoms with E-state index in [0.717, 1.165) is 5.92 Å². The van der Waals surface area contributed by atoms with Gasteiger partial charge in [-0.1, -0.05) is 11.8 Å². The molecule has 1 heterocycles. The first-order chi connectivity index (χ1) is 6.25. The van der Waals surface area contributed by atoms with Gasteiger partial charge in [-0.2, -0.15) is 0 Å². The van der Waals surface area contributed by atoms with E-state index in [1.54, 1.807) is 0 Å². The second-order valence-corrected chi connectivity index (χ2v) is 5.27. The van der Waals surface area contributed by atoms with Gasteiger partial charge >= 0.3 is 0 Å². The molecule has 0 amide bonds. The van der Waals surface area contributed by atoms with Crippen LogP contribution < -0.4 is 5.32 Å². The van der Waals surface area contributed by atoms with Crippen LogP contribution >= 0.6 is 11.8 Å². The summed E-state index contributed by atoms with van der Waals surface area (Å²) in [5.41, 5.74) is 0. The van der Waals surface area contributed by atoms with Crippen molar-refractivity contribution in [1.82, 2.24) is 5.32 Å². The molecule has 1 saturated carbocycles. The Morgan fingerprint density at radius 3 is 2.85 bits per heavy atom. The van der Waals surface area contributed by atoms with Gasteiger partial charge in [0.2, 0.25) is 0 Å². The highest BCUT2D eigenvalue weighted by Gasteiger charge is 2.28. The smallest absolute Gasteiger partial charge is 0.157 e. The second kappa shape index (κ2) is 3.91. The molecule has 2 aliphatic rings. The fraction of sp³-hybridized carbons (Fsp3) is 0.900. The van der Waals surface area contributed by atoms with E-state index in [9.17, 15) is 0 Å². The van der Waals surface area contributed by atoms with Gasteiger partial charge in [0.1, 0.15) is 0 Å². The Morgan fingerprint density at radius 1 is 1.46 bits per heavy atom. The maximum absolute atomic E-state index is 4.60. The second-order valence-electron chi connectivity index (χ2n) is 4.19. The van der Waals surface area contributed by atoms with Gasteiger partial charge in [0.25, 0.3) is 0 Å². The average Bonchev–Trinajstić information content (AvgIpc) is 2.85. The fourth-order valence-corrected chi connectivity index (χ4v) is 2.79. The number of hydrogen-bond donors (Lipinski definition) is 1. The number of hydrogen-bond acceptors (Lipinski definition) is 3. The average molecular weight is 198 g/mol. The number of rotatable bonds is 2. The van der Waals surface area contributed by atoms with E-state index in [0.29, 0.717) is 12.1 Å². The lowest BCUT2D eigenvalue weighted by Crippen LogP contribution is -2.34. The van der Waals surface area contributed by atoms with Crippen molar-refractivity contribution in [2.45, 2.75) is 45.2 Å². The molecule has 74 valence electrons.